The van der Waals surface area contributed by atoms with Crippen LogP contribution in [0.2, 0.25) is 0 Å². The Morgan fingerprint density at radius 3 is 2.00 bits per heavy atom. The van der Waals surface area contributed by atoms with Crippen LogP contribution in [0.5, 0.6) is 0 Å². The Morgan fingerprint density at radius 1 is 0.865 bits per heavy atom. The van der Waals surface area contributed by atoms with Crippen molar-refractivity contribution >= 4 is 5.91 Å². The molecule has 1 saturated heterocycles. The summed E-state index contributed by atoms with van der Waals surface area (Å²) in [5.41, 5.74) is 6.07. The van der Waals surface area contributed by atoms with Crippen LogP contribution in [0.25, 0.3) is 11.1 Å². The van der Waals surface area contributed by atoms with Gasteiger partial charge >= 0.3 is 0 Å². The second kappa shape index (κ2) is 15.0. The molecule has 3 aromatic rings. The van der Waals surface area contributed by atoms with E-state index in [1.807, 2.05) is 50.2 Å². The molecule has 0 unspecified atom stereocenters. The Kier molecular flexibility index (Phi) is 11.4. The van der Waals surface area contributed by atoms with Crippen LogP contribution >= 0.6 is 0 Å². The van der Waals surface area contributed by atoms with Crippen LogP contribution in [0, 0.1) is 11.3 Å². The molecule has 1 N–H and O–H groups in total. The fourth-order valence-corrected chi connectivity index (χ4v) is 4.78. The molecule has 1 amide bonds. The average molecular weight is 496 g/mol. The molecule has 4 heteroatoms. The zero-order chi connectivity index (χ0) is 26.5. The molecule has 0 atom stereocenters. The predicted molar refractivity (Wildman–Crippen MR) is 153 cm³/mol. The molecule has 0 spiro atoms. The lowest BCUT2D eigenvalue weighted by Crippen LogP contribution is -2.45. The van der Waals surface area contributed by atoms with Crippen LogP contribution in [-0.4, -0.2) is 29.9 Å². The number of benzene rings is 3. The van der Waals surface area contributed by atoms with E-state index in [2.05, 4.69) is 59.6 Å². The quantitative estimate of drug-likeness (QED) is 0.315. The zero-order valence-corrected chi connectivity index (χ0v) is 22.7. The highest BCUT2D eigenvalue weighted by Crippen LogP contribution is 2.23. The van der Waals surface area contributed by atoms with E-state index in [1.54, 1.807) is 0 Å². The van der Waals surface area contributed by atoms with Crippen LogP contribution in [-0.2, 0) is 13.0 Å². The second-order valence-electron chi connectivity index (χ2n) is 9.45. The van der Waals surface area contributed by atoms with Gasteiger partial charge in [0.2, 0.25) is 0 Å². The minimum Gasteiger partial charge on any atom is -0.331 e. The normalized spacial score (nSPS) is 13.2. The summed E-state index contributed by atoms with van der Waals surface area (Å²) in [5, 5.41) is 12.4. The molecule has 1 aliphatic heterocycles. The Labute approximate surface area is 223 Å². The minimum atomic E-state index is 0.119. The number of carbonyl (C=O) groups excluding carboxylic acids is 1. The minimum absolute atomic E-state index is 0.119. The van der Waals surface area contributed by atoms with Crippen molar-refractivity contribution in [2.75, 3.05) is 13.1 Å². The van der Waals surface area contributed by atoms with Gasteiger partial charge in [-0.2, -0.15) is 5.26 Å². The molecule has 37 heavy (non-hydrogen) atoms. The van der Waals surface area contributed by atoms with Crippen LogP contribution in [0.1, 0.15) is 79.9 Å². The Bertz CT molecular complexity index is 1120. The van der Waals surface area contributed by atoms with Gasteiger partial charge in [0.15, 0.2) is 0 Å². The van der Waals surface area contributed by atoms with Crippen LogP contribution in [0.15, 0.2) is 72.8 Å². The molecule has 1 fully saturated rings. The number of unbranched alkanes of at least 4 members (excludes halogenated alkanes) is 2. The number of hydrogen-bond acceptors (Lipinski definition) is 3. The van der Waals surface area contributed by atoms with E-state index in [4.69, 9.17) is 5.26 Å². The van der Waals surface area contributed by atoms with E-state index >= 15 is 0 Å². The smallest absolute Gasteiger partial charge is 0.254 e. The summed E-state index contributed by atoms with van der Waals surface area (Å²) < 4.78 is 0. The highest BCUT2D eigenvalue weighted by atomic mass is 16.2. The molecule has 1 heterocycles. The van der Waals surface area contributed by atoms with Gasteiger partial charge in [-0.25, -0.2) is 0 Å². The number of aryl methyl sites for hydroxylation is 1. The average Bonchev–Trinajstić information content (AvgIpc) is 2.98. The number of carbonyl (C=O) groups is 1. The van der Waals surface area contributed by atoms with Gasteiger partial charge in [-0.3, -0.25) is 4.79 Å². The Morgan fingerprint density at radius 2 is 1.43 bits per heavy atom. The summed E-state index contributed by atoms with van der Waals surface area (Å²) in [5.74, 6) is 0.119. The lowest BCUT2D eigenvalue weighted by Gasteiger charge is -2.35. The van der Waals surface area contributed by atoms with Gasteiger partial charge < -0.3 is 10.2 Å². The van der Waals surface area contributed by atoms with Gasteiger partial charge in [-0.15, -0.1) is 0 Å². The summed E-state index contributed by atoms with van der Waals surface area (Å²) in [6, 6.07) is 26.7. The number of nitrogens with zero attached hydrogens (tertiary/aromatic N) is 2. The molecule has 0 aliphatic carbocycles. The van der Waals surface area contributed by atoms with Gasteiger partial charge in [0.1, 0.15) is 0 Å². The summed E-state index contributed by atoms with van der Waals surface area (Å²) >= 11 is 0. The predicted octanol–water partition coefficient (Wildman–Crippen LogP) is 7.38. The van der Waals surface area contributed by atoms with Crippen molar-refractivity contribution in [2.24, 2.45) is 0 Å². The first kappa shape index (κ1) is 28.2. The van der Waals surface area contributed by atoms with E-state index in [1.165, 1.54) is 24.8 Å². The third-order valence-corrected chi connectivity index (χ3v) is 6.93. The van der Waals surface area contributed by atoms with Crippen molar-refractivity contribution in [3.05, 3.63) is 95.1 Å². The van der Waals surface area contributed by atoms with Gasteiger partial charge in [-0.1, -0.05) is 82.1 Å². The third-order valence-electron chi connectivity index (χ3n) is 6.93. The van der Waals surface area contributed by atoms with Crippen molar-refractivity contribution in [2.45, 2.75) is 71.9 Å². The van der Waals surface area contributed by atoms with Gasteiger partial charge in [0.25, 0.3) is 5.91 Å². The van der Waals surface area contributed by atoms with E-state index in [-0.39, 0.29) is 11.9 Å². The Hall–Kier alpha value is -3.42. The van der Waals surface area contributed by atoms with Gasteiger partial charge in [0, 0.05) is 18.2 Å². The molecule has 0 bridgehead atoms. The lowest BCUT2D eigenvalue weighted by molar-refractivity contribution is 0.0623. The molecule has 4 nitrogen and oxygen atoms in total. The third kappa shape index (κ3) is 8.03. The standard InChI is InChI=1S/C31H35N3O.C2H6/c1-2-3-4-5-24-6-16-29(17-7-24)31(35)34(30-18-20-33-21-19-30)23-26-10-14-28(15-11-26)27-12-8-25(22-32)9-13-27;1-2/h6-17,30,33H,2-5,18-21,23H2,1H3;1-2H3. The maximum Gasteiger partial charge on any atom is 0.254 e. The highest BCUT2D eigenvalue weighted by molar-refractivity contribution is 5.94. The van der Waals surface area contributed by atoms with Gasteiger partial charge in [0.05, 0.1) is 11.6 Å². The lowest BCUT2D eigenvalue weighted by atomic mass is 9.99. The maximum absolute atomic E-state index is 13.6. The van der Waals surface area contributed by atoms with Crippen molar-refractivity contribution < 1.29 is 4.79 Å². The molecular formula is C33H41N3O. The van der Waals surface area contributed by atoms with Crippen LogP contribution in [0.3, 0.4) is 0 Å². The SMILES string of the molecule is CC.CCCCCc1ccc(C(=O)N(Cc2ccc(-c3ccc(C#N)cc3)cc2)C2CCNCC2)cc1. The van der Waals surface area contributed by atoms with E-state index in [9.17, 15) is 4.79 Å². The molecule has 194 valence electrons. The van der Waals surface area contributed by atoms with Crippen molar-refractivity contribution in [3.63, 3.8) is 0 Å². The number of nitriles is 1. The van der Waals surface area contributed by atoms with Crippen molar-refractivity contribution in [1.82, 2.24) is 10.2 Å². The number of hydrogen-bond donors (Lipinski definition) is 1. The zero-order valence-electron chi connectivity index (χ0n) is 22.7. The van der Waals surface area contributed by atoms with Crippen molar-refractivity contribution in [3.8, 4) is 17.2 Å². The Balaban J connectivity index is 0.00000186. The first-order chi connectivity index (χ1) is 18.2. The summed E-state index contributed by atoms with van der Waals surface area (Å²) in [4.78, 5) is 15.7. The number of amides is 1. The molecule has 0 radical (unpaired) electrons. The molecule has 3 aromatic carbocycles. The topological polar surface area (TPSA) is 56.1 Å². The fraction of sp³-hybridized carbons (Fsp3) is 0.394. The fourth-order valence-electron chi connectivity index (χ4n) is 4.78. The summed E-state index contributed by atoms with van der Waals surface area (Å²) in [6.45, 7) is 8.72. The largest absolute Gasteiger partial charge is 0.331 e. The molecule has 4 rings (SSSR count). The van der Waals surface area contributed by atoms with E-state index in [0.29, 0.717) is 12.1 Å². The second-order valence-corrected chi connectivity index (χ2v) is 9.45. The number of piperidine rings is 1. The summed E-state index contributed by atoms with van der Waals surface area (Å²) in [7, 11) is 0. The summed E-state index contributed by atoms with van der Waals surface area (Å²) in [6.07, 6.45) is 6.69. The number of rotatable bonds is 9. The molecule has 0 saturated carbocycles. The van der Waals surface area contributed by atoms with E-state index in [0.717, 1.165) is 54.6 Å². The number of nitrogens with one attached hydrogen (secondary N) is 1. The van der Waals surface area contributed by atoms with E-state index < -0.39 is 0 Å². The molecule has 0 aromatic heterocycles. The molecule has 1 aliphatic rings. The maximum atomic E-state index is 13.6. The van der Waals surface area contributed by atoms with Crippen LogP contribution < -0.4 is 5.32 Å². The monoisotopic (exact) mass is 495 g/mol. The first-order valence-electron chi connectivity index (χ1n) is 13.9. The first-order valence-corrected chi connectivity index (χ1v) is 13.9. The molecular weight excluding hydrogens is 454 g/mol. The van der Waals surface area contributed by atoms with Gasteiger partial charge in [-0.05, 0) is 85.3 Å². The van der Waals surface area contributed by atoms with Crippen LogP contribution in [0.4, 0.5) is 0 Å². The highest BCUT2D eigenvalue weighted by Gasteiger charge is 2.26. The van der Waals surface area contributed by atoms with Crippen molar-refractivity contribution in [1.29, 1.82) is 5.26 Å².